The van der Waals surface area contributed by atoms with Crippen LogP contribution in [0.4, 0.5) is 5.82 Å². The second-order valence-electron chi connectivity index (χ2n) is 3.50. The average molecular weight is 208 g/mol. The predicted octanol–water partition coefficient (Wildman–Crippen LogP) is 2.15. The molecule has 0 atom stereocenters. The summed E-state index contributed by atoms with van der Waals surface area (Å²) in [4.78, 5) is 13.5. The Kier molecular flexibility index (Phi) is 2.58. The van der Waals surface area contributed by atoms with E-state index in [2.05, 4.69) is 34.1 Å². The molecule has 0 aliphatic heterocycles. The maximum atomic E-state index is 4.23. The molecule has 2 aromatic rings. The number of nitrogens with zero attached hydrogens (tertiary/aromatic N) is 3. The SMILES string of the molecule is CC(C)CNc1ncnc2scnc12. The Labute approximate surface area is 86.4 Å². The molecule has 1 N–H and O–H groups in total. The number of nitrogens with one attached hydrogen (secondary N) is 1. The van der Waals surface area contributed by atoms with Crippen molar-refractivity contribution in [1.29, 1.82) is 0 Å². The third-order valence-corrected chi connectivity index (χ3v) is 2.55. The zero-order valence-corrected chi connectivity index (χ0v) is 9.01. The molecular formula is C9H12N4S. The zero-order chi connectivity index (χ0) is 9.97. The Morgan fingerprint density at radius 1 is 1.36 bits per heavy atom. The first-order valence-electron chi connectivity index (χ1n) is 4.55. The van der Waals surface area contributed by atoms with Gasteiger partial charge in [-0.2, -0.15) is 0 Å². The third kappa shape index (κ3) is 1.82. The molecular weight excluding hydrogens is 196 g/mol. The molecule has 0 radical (unpaired) electrons. The topological polar surface area (TPSA) is 50.7 Å². The van der Waals surface area contributed by atoms with E-state index in [4.69, 9.17) is 0 Å². The highest BCUT2D eigenvalue weighted by molar-refractivity contribution is 7.16. The lowest BCUT2D eigenvalue weighted by molar-refractivity contribution is 0.687. The normalized spacial score (nSPS) is 11.1. The molecule has 74 valence electrons. The van der Waals surface area contributed by atoms with Gasteiger partial charge in [-0.3, -0.25) is 0 Å². The van der Waals surface area contributed by atoms with Crippen molar-refractivity contribution in [2.45, 2.75) is 13.8 Å². The van der Waals surface area contributed by atoms with Crippen LogP contribution in [-0.4, -0.2) is 21.5 Å². The van der Waals surface area contributed by atoms with Gasteiger partial charge in [-0.25, -0.2) is 15.0 Å². The van der Waals surface area contributed by atoms with Crippen LogP contribution >= 0.6 is 11.3 Å². The molecule has 14 heavy (non-hydrogen) atoms. The molecule has 2 heterocycles. The van der Waals surface area contributed by atoms with Gasteiger partial charge < -0.3 is 5.32 Å². The van der Waals surface area contributed by atoms with Crippen molar-refractivity contribution in [1.82, 2.24) is 15.0 Å². The lowest BCUT2D eigenvalue weighted by Crippen LogP contribution is -2.09. The second-order valence-corrected chi connectivity index (χ2v) is 4.34. The molecule has 0 saturated carbocycles. The Balaban J connectivity index is 2.27. The maximum absolute atomic E-state index is 4.23. The van der Waals surface area contributed by atoms with Gasteiger partial charge >= 0.3 is 0 Å². The molecule has 0 spiro atoms. The van der Waals surface area contributed by atoms with Crippen LogP contribution in [0.1, 0.15) is 13.8 Å². The highest BCUT2D eigenvalue weighted by atomic mass is 32.1. The van der Waals surface area contributed by atoms with Crippen molar-refractivity contribution in [3.8, 4) is 0 Å². The molecule has 4 nitrogen and oxygen atoms in total. The molecule has 0 amide bonds. The number of anilines is 1. The average Bonchev–Trinajstić information content (AvgIpc) is 2.62. The zero-order valence-electron chi connectivity index (χ0n) is 8.19. The standard InChI is InChI=1S/C9H12N4S/c1-6(2)3-10-8-7-9(12-4-11-8)14-5-13-7/h4-6H,3H2,1-2H3,(H,10,11,12). The molecule has 0 bridgehead atoms. The molecule has 0 aliphatic carbocycles. The van der Waals surface area contributed by atoms with Crippen LogP contribution in [0.15, 0.2) is 11.8 Å². The fourth-order valence-corrected chi connectivity index (χ4v) is 1.75. The summed E-state index contributed by atoms with van der Waals surface area (Å²) in [5, 5.41) is 3.27. The molecule has 5 heteroatoms. The monoisotopic (exact) mass is 208 g/mol. The summed E-state index contributed by atoms with van der Waals surface area (Å²) >= 11 is 1.53. The van der Waals surface area contributed by atoms with Crippen LogP contribution in [0.25, 0.3) is 10.3 Å². The first-order valence-corrected chi connectivity index (χ1v) is 5.43. The molecule has 0 aliphatic rings. The Morgan fingerprint density at radius 2 is 2.21 bits per heavy atom. The first kappa shape index (κ1) is 9.33. The maximum Gasteiger partial charge on any atom is 0.156 e. The molecule has 0 aromatic carbocycles. The van der Waals surface area contributed by atoms with E-state index >= 15 is 0 Å². The fraction of sp³-hybridized carbons (Fsp3) is 0.444. The summed E-state index contributed by atoms with van der Waals surface area (Å²) < 4.78 is 0. The first-order chi connectivity index (χ1) is 6.77. The lowest BCUT2D eigenvalue weighted by Gasteiger charge is -2.07. The van der Waals surface area contributed by atoms with Gasteiger partial charge in [0.15, 0.2) is 5.82 Å². The van der Waals surface area contributed by atoms with E-state index < -0.39 is 0 Å². The van der Waals surface area contributed by atoms with Crippen LogP contribution in [0.3, 0.4) is 0 Å². The highest BCUT2D eigenvalue weighted by Gasteiger charge is 2.05. The van der Waals surface area contributed by atoms with Crippen LogP contribution in [0, 0.1) is 5.92 Å². The summed E-state index contributed by atoms with van der Waals surface area (Å²) in [6.45, 7) is 5.22. The highest BCUT2D eigenvalue weighted by Crippen LogP contribution is 2.20. The third-order valence-electron chi connectivity index (χ3n) is 1.81. The minimum atomic E-state index is 0.596. The van der Waals surface area contributed by atoms with E-state index in [-0.39, 0.29) is 0 Å². The van der Waals surface area contributed by atoms with Crippen LogP contribution in [0.5, 0.6) is 0 Å². The number of rotatable bonds is 3. The minimum absolute atomic E-state index is 0.596. The van der Waals surface area contributed by atoms with Crippen molar-refractivity contribution < 1.29 is 0 Å². The van der Waals surface area contributed by atoms with Crippen molar-refractivity contribution in [2.75, 3.05) is 11.9 Å². The predicted molar refractivity (Wildman–Crippen MR) is 58.5 cm³/mol. The molecule has 2 aromatic heterocycles. The molecule has 0 saturated heterocycles. The Hall–Kier alpha value is -1.23. The summed E-state index contributed by atoms with van der Waals surface area (Å²) in [5.41, 5.74) is 2.66. The number of thiazole rings is 1. The van der Waals surface area contributed by atoms with Crippen LogP contribution in [0.2, 0.25) is 0 Å². The number of aromatic nitrogens is 3. The van der Waals surface area contributed by atoms with Crippen LogP contribution < -0.4 is 5.32 Å². The van der Waals surface area contributed by atoms with Crippen molar-refractivity contribution in [3.05, 3.63) is 11.8 Å². The Morgan fingerprint density at radius 3 is 3.00 bits per heavy atom. The van der Waals surface area contributed by atoms with Gasteiger partial charge in [0, 0.05) is 6.54 Å². The van der Waals surface area contributed by atoms with Crippen molar-refractivity contribution >= 4 is 27.5 Å². The lowest BCUT2D eigenvalue weighted by atomic mass is 10.2. The van der Waals surface area contributed by atoms with Gasteiger partial charge in [0.2, 0.25) is 0 Å². The van der Waals surface area contributed by atoms with E-state index in [0.717, 1.165) is 22.7 Å². The summed E-state index contributed by atoms with van der Waals surface area (Å²) in [6, 6.07) is 0. The van der Waals surface area contributed by atoms with Crippen molar-refractivity contribution in [3.63, 3.8) is 0 Å². The summed E-state index contributed by atoms with van der Waals surface area (Å²) in [6.07, 6.45) is 1.57. The molecule has 2 rings (SSSR count). The van der Waals surface area contributed by atoms with Gasteiger partial charge in [0.25, 0.3) is 0 Å². The summed E-state index contributed by atoms with van der Waals surface area (Å²) in [7, 11) is 0. The van der Waals surface area contributed by atoms with Crippen LogP contribution in [-0.2, 0) is 0 Å². The second kappa shape index (κ2) is 3.88. The van der Waals surface area contributed by atoms with Gasteiger partial charge in [0.05, 0.1) is 5.51 Å². The summed E-state index contributed by atoms with van der Waals surface area (Å²) in [5.74, 6) is 1.43. The fourth-order valence-electron chi connectivity index (χ4n) is 1.12. The van der Waals surface area contributed by atoms with E-state index in [1.165, 1.54) is 11.3 Å². The van der Waals surface area contributed by atoms with E-state index in [9.17, 15) is 0 Å². The van der Waals surface area contributed by atoms with E-state index in [1.54, 1.807) is 11.8 Å². The number of fused-ring (bicyclic) bond motifs is 1. The molecule has 0 unspecified atom stereocenters. The Bertz CT molecular complexity index is 423. The van der Waals surface area contributed by atoms with Gasteiger partial charge in [-0.1, -0.05) is 13.8 Å². The minimum Gasteiger partial charge on any atom is -0.368 e. The van der Waals surface area contributed by atoms with Gasteiger partial charge in [0.1, 0.15) is 16.7 Å². The van der Waals surface area contributed by atoms with E-state index in [0.29, 0.717) is 5.92 Å². The quantitative estimate of drug-likeness (QED) is 0.839. The van der Waals surface area contributed by atoms with E-state index in [1.807, 2.05) is 0 Å². The number of hydrogen-bond donors (Lipinski definition) is 1. The van der Waals surface area contributed by atoms with Gasteiger partial charge in [-0.15, -0.1) is 11.3 Å². The number of hydrogen-bond acceptors (Lipinski definition) is 5. The van der Waals surface area contributed by atoms with Gasteiger partial charge in [-0.05, 0) is 5.92 Å². The largest absolute Gasteiger partial charge is 0.368 e. The smallest absolute Gasteiger partial charge is 0.156 e. The van der Waals surface area contributed by atoms with Crippen molar-refractivity contribution in [2.24, 2.45) is 5.92 Å². The molecule has 0 fully saturated rings.